The highest BCUT2D eigenvalue weighted by atomic mass is 32.1. The molecule has 14 nitrogen and oxygen atoms in total. The molecule has 2 saturated heterocycles. The highest BCUT2D eigenvalue weighted by Crippen LogP contribution is 2.42. The molecule has 344 valence electrons. The van der Waals surface area contributed by atoms with E-state index in [1.807, 2.05) is 52.0 Å². The van der Waals surface area contributed by atoms with Gasteiger partial charge >= 0.3 is 6.18 Å². The lowest BCUT2D eigenvalue weighted by molar-refractivity contribution is -0.144. The van der Waals surface area contributed by atoms with Gasteiger partial charge in [0.15, 0.2) is 10.9 Å². The summed E-state index contributed by atoms with van der Waals surface area (Å²) in [5.41, 5.74) is -0.360. The molecule has 0 aliphatic carbocycles. The van der Waals surface area contributed by atoms with E-state index >= 15 is 4.39 Å². The van der Waals surface area contributed by atoms with Gasteiger partial charge < -0.3 is 29.9 Å². The summed E-state index contributed by atoms with van der Waals surface area (Å²) in [4.78, 5) is 67.5. The molecule has 2 aromatic carbocycles. The van der Waals surface area contributed by atoms with Crippen LogP contribution in [-0.2, 0) is 36.6 Å². The van der Waals surface area contributed by atoms with Gasteiger partial charge in [-0.25, -0.2) is 14.4 Å². The molecular formula is C45H48F4N8O6S2. The molecule has 2 fully saturated rings. The number of nitrogens with zero attached hydrogens (tertiary/aromatic N) is 6. The van der Waals surface area contributed by atoms with E-state index in [9.17, 15) is 37.6 Å². The number of aromatic nitrogens is 2. The van der Waals surface area contributed by atoms with Crippen LogP contribution in [0, 0.1) is 36.4 Å². The lowest BCUT2D eigenvalue weighted by Gasteiger charge is -2.35. The molecule has 2 N–H and O–H groups in total. The Kier molecular flexibility index (Phi) is 14.3. The maximum Gasteiger partial charge on any atom is 0.420 e. The summed E-state index contributed by atoms with van der Waals surface area (Å²) in [6.45, 7) is 12.1. The van der Waals surface area contributed by atoms with Gasteiger partial charge in [0.2, 0.25) is 23.6 Å². The molecule has 0 radical (unpaired) electrons. The number of benzene rings is 2. The third-order valence-electron chi connectivity index (χ3n) is 11.1. The van der Waals surface area contributed by atoms with Gasteiger partial charge in [0, 0.05) is 19.2 Å². The Morgan fingerprint density at radius 1 is 1.03 bits per heavy atom. The number of thiocarbonyl (C=S) groups is 1. The minimum absolute atomic E-state index is 0.0411. The number of halogens is 4. The third-order valence-corrected chi connectivity index (χ3v) is 12.4. The molecule has 65 heavy (non-hydrogen) atoms. The highest BCUT2D eigenvalue weighted by molar-refractivity contribution is 7.81. The summed E-state index contributed by atoms with van der Waals surface area (Å²) < 4.78 is 68.1. The minimum Gasteiger partial charge on any atom is -0.475 e. The fourth-order valence-electron chi connectivity index (χ4n) is 7.72. The second-order valence-electron chi connectivity index (χ2n) is 17.1. The average molecular weight is 937 g/mol. The van der Waals surface area contributed by atoms with Crippen LogP contribution in [0.15, 0.2) is 54.0 Å². The monoisotopic (exact) mass is 936 g/mol. The van der Waals surface area contributed by atoms with E-state index in [2.05, 4.69) is 20.6 Å². The fraction of sp³-hybridized carbons (Fsp3) is 0.422. The smallest absolute Gasteiger partial charge is 0.420 e. The molecule has 2 aliphatic heterocycles. The van der Waals surface area contributed by atoms with E-state index in [0.717, 1.165) is 33.8 Å². The number of nitrogens with one attached hydrogen (secondary N) is 2. The van der Waals surface area contributed by atoms with Crippen molar-refractivity contribution in [2.75, 3.05) is 36.2 Å². The lowest BCUT2D eigenvalue weighted by Crippen LogP contribution is -2.58. The molecule has 1 unspecified atom stereocenters. The second kappa shape index (κ2) is 19.2. The fourth-order valence-corrected chi connectivity index (χ4v) is 9.04. The number of hydrogen-bond donors (Lipinski definition) is 2. The third kappa shape index (κ3) is 10.3. The predicted octanol–water partition coefficient (Wildman–Crippen LogP) is 7.00. The van der Waals surface area contributed by atoms with Crippen LogP contribution in [0.5, 0.6) is 5.88 Å². The number of nitriles is 1. The zero-order valence-corrected chi connectivity index (χ0v) is 38.4. The molecule has 2 aliphatic rings. The molecule has 20 heteroatoms. The van der Waals surface area contributed by atoms with Crippen molar-refractivity contribution in [3.05, 3.63) is 87.9 Å². The molecule has 2 aromatic heterocycles. The van der Waals surface area contributed by atoms with Crippen molar-refractivity contribution in [2.24, 2.45) is 5.41 Å². The van der Waals surface area contributed by atoms with Gasteiger partial charge in [-0.2, -0.15) is 18.4 Å². The highest BCUT2D eigenvalue weighted by Gasteiger charge is 2.52. The largest absolute Gasteiger partial charge is 0.475 e. The number of thiazole rings is 1. The van der Waals surface area contributed by atoms with Crippen molar-refractivity contribution in [2.45, 2.75) is 91.7 Å². The second-order valence-corrected chi connectivity index (χ2v) is 18.4. The first kappa shape index (κ1) is 48.4. The average Bonchev–Trinajstić information content (AvgIpc) is 3.95. The van der Waals surface area contributed by atoms with Crippen molar-refractivity contribution in [3.63, 3.8) is 0 Å². The molecule has 2 atom stereocenters. The van der Waals surface area contributed by atoms with Crippen LogP contribution in [0.3, 0.4) is 0 Å². The molecule has 4 aromatic rings. The summed E-state index contributed by atoms with van der Waals surface area (Å²) in [6, 6.07) is 12.3. The number of likely N-dealkylation sites (tertiary alicyclic amines) is 1. The van der Waals surface area contributed by atoms with Crippen LogP contribution in [0.1, 0.15) is 75.5 Å². The number of amides is 4. The van der Waals surface area contributed by atoms with Crippen molar-refractivity contribution in [3.8, 4) is 22.4 Å². The van der Waals surface area contributed by atoms with Gasteiger partial charge in [0.05, 0.1) is 51.4 Å². The van der Waals surface area contributed by atoms with Gasteiger partial charge in [-0.05, 0) is 87.5 Å². The summed E-state index contributed by atoms with van der Waals surface area (Å²) in [6.07, 6.45) is -4.09. The van der Waals surface area contributed by atoms with Crippen LogP contribution < -0.4 is 25.2 Å². The molecule has 4 amide bonds. The van der Waals surface area contributed by atoms with Crippen molar-refractivity contribution < 1.29 is 46.2 Å². The number of anilines is 2. The van der Waals surface area contributed by atoms with E-state index in [1.165, 1.54) is 41.8 Å². The van der Waals surface area contributed by atoms with Crippen LogP contribution in [0.2, 0.25) is 0 Å². The summed E-state index contributed by atoms with van der Waals surface area (Å²) >= 11 is 7.10. The van der Waals surface area contributed by atoms with E-state index in [1.54, 1.807) is 23.8 Å². The Balaban J connectivity index is 1.00. The van der Waals surface area contributed by atoms with Crippen molar-refractivity contribution in [1.82, 2.24) is 25.5 Å². The Bertz CT molecular complexity index is 2540. The number of rotatable bonds is 14. The Labute approximate surface area is 382 Å². The summed E-state index contributed by atoms with van der Waals surface area (Å²) in [7, 11) is 0. The molecule has 0 bridgehead atoms. The molecule has 0 saturated carbocycles. The number of ether oxygens (including phenoxy) is 2. The first-order valence-corrected chi connectivity index (χ1v) is 21.9. The quantitative estimate of drug-likeness (QED) is 0.0759. The molecular weight excluding hydrogens is 889 g/mol. The zero-order chi connectivity index (χ0) is 47.6. The maximum absolute atomic E-state index is 15.4. The number of pyridine rings is 1. The van der Waals surface area contributed by atoms with Crippen molar-refractivity contribution in [1.29, 1.82) is 5.26 Å². The zero-order valence-electron chi connectivity index (χ0n) is 36.8. The van der Waals surface area contributed by atoms with Gasteiger partial charge in [0.25, 0.3) is 5.91 Å². The molecule has 0 spiro atoms. The topological polar surface area (TPSA) is 170 Å². The van der Waals surface area contributed by atoms with Gasteiger partial charge in [-0.1, -0.05) is 45.0 Å². The van der Waals surface area contributed by atoms with Crippen LogP contribution in [0.25, 0.3) is 10.4 Å². The number of aryl methyl sites for hydroxylation is 2. The minimum atomic E-state index is -5.22. The molecule has 6 rings (SSSR count). The lowest BCUT2D eigenvalue weighted by atomic mass is 9.85. The molecule has 4 heterocycles. The number of alkyl halides is 3. The van der Waals surface area contributed by atoms with E-state index in [0.29, 0.717) is 42.2 Å². The van der Waals surface area contributed by atoms with Gasteiger partial charge in [0.1, 0.15) is 36.4 Å². The summed E-state index contributed by atoms with van der Waals surface area (Å²) in [5.74, 6) is -3.66. The number of carbonyl (C=O) groups is 4. The van der Waals surface area contributed by atoms with Crippen LogP contribution >= 0.6 is 23.6 Å². The van der Waals surface area contributed by atoms with Crippen molar-refractivity contribution >= 4 is 63.7 Å². The number of hydrogen-bond acceptors (Lipinski definition) is 11. The Morgan fingerprint density at radius 2 is 1.72 bits per heavy atom. The SMILES string of the molecule is Cc1nc(OCCOCC(=O)NC(C(=O)N2CCC[C@H]2C(=O)NCc2ccc(-c3scnc3C)cc2)C(C)(C)C)ccc1N1C(=S)N(c2ccc(C#N)c(C(F)(F)F)c2F)C(=O)C1(C)C. The maximum atomic E-state index is 15.4. The Morgan fingerprint density at radius 3 is 2.34 bits per heavy atom. The first-order valence-electron chi connectivity index (χ1n) is 20.6. The standard InChI is InChI=1S/C45H48F4N8O6S2/c1-25-30(57-42(64)56(41(61)44(57,6)7)31-15-14-29(21-50)35(36(31)46)45(47,48)49)16-17-34(53-25)63-20-19-62-23-33(58)54-38(43(3,4)5)40(60)55-18-8-9-32(55)39(59)51-22-27-10-12-28(13-11-27)37-26(2)52-24-65-37/h10-17,24,32,38H,8-9,18-20,22-23H2,1-7H3,(H,51,59)(H,54,58)/t32-,38?/m0/s1. The van der Waals surface area contributed by atoms with E-state index in [4.69, 9.17) is 21.7 Å². The van der Waals surface area contributed by atoms with Crippen LogP contribution in [0.4, 0.5) is 28.9 Å². The summed E-state index contributed by atoms with van der Waals surface area (Å²) in [5, 5.41) is 14.6. The number of carbonyl (C=O) groups excluding carboxylic acids is 4. The van der Waals surface area contributed by atoms with E-state index < -0.39 is 70.3 Å². The van der Waals surface area contributed by atoms with Gasteiger partial charge in [-0.15, -0.1) is 11.3 Å². The van der Waals surface area contributed by atoms with E-state index in [-0.39, 0.29) is 36.0 Å². The Hall–Kier alpha value is -6.04. The van der Waals surface area contributed by atoms with Crippen LogP contribution in [-0.4, -0.2) is 87.6 Å². The normalized spacial score (nSPS) is 16.7. The van der Waals surface area contributed by atoms with Gasteiger partial charge in [-0.3, -0.25) is 24.1 Å². The first-order chi connectivity index (χ1) is 30.6. The predicted molar refractivity (Wildman–Crippen MR) is 238 cm³/mol.